The number of hydrogen-bond donors (Lipinski definition) is 2. The van der Waals surface area contributed by atoms with Crippen molar-refractivity contribution in [2.75, 3.05) is 0 Å². The Morgan fingerprint density at radius 2 is 1.71 bits per heavy atom. The third kappa shape index (κ3) is 3.71. The summed E-state index contributed by atoms with van der Waals surface area (Å²) in [4.78, 5) is 0. The predicted octanol–water partition coefficient (Wildman–Crippen LogP) is 3.10. The van der Waals surface area contributed by atoms with Gasteiger partial charge in [-0.15, -0.1) is 12.4 Å². The molecule has 3 N–H and O–H groups in total. The van der Waals surface area contributed by atoms with Crippen LogP contribution in [0.25, 0.3) is 0 Å². The van der Waals surface area contributed by atoms with Crippen molar-refractivity contribution in [2.45, 2.75) is 18.6 Å². The highest BCUT2D eigenvalue weighted by Gasteiger charge is 2.32. The molecule has 1 rings (SSSR count). The van der Waals surface area contributed by atoms with Gasteiger partial charge in [0.15, 0.2) is 0 Å². The van der Waals surface area contributed by atoms with E-state index in [2.05, 4.69) is 0 Å². The van der Waals surface area contributed by atoms with Gasteiger partial charge in [-0.05, 0) is 18.2 Å². The summed E-state index contributed by atoms with van der Waals surface area (Å²) in [6, 6.07) is -0.230. The molecule has 0 heterocycles. The average molecular weight is 278 g/mol. The van der Waals surface area contributed by atoms with Crippen LogP contribution in [-0.4, -0.2) is 11.5 Å². The maximum Gasteiger partial charge on any atom is 0.416 e. The minimum Gasteiger partial charge on any atom is -0.508 e. The van der Waals surface area contributed by atoms with Crippen LogP contribution in [0.2, 0.25) is 0 Å². The van der Waals surface area contributed by atoms with Gasteiger partial charge in [0.05, 0.1) is 11.6 Å². The number of phenolic OH excluding ortho intramolecular Hbond substituents is 1. The van der Waals surface area contributed by atoms with Crippen LogP contribution >= 0.6 is 12.4 Å². The molecule has 0 aliphatic carbocycles. The SMILES string of the molecule is Cl.N[C@H](c1cc(C(F)(F)F)ccc1O)C(F)F. The number of nitrogens with two attached hydrogens (primary N) is 1. The van der Waals surface area contributed by atoms with Crippen molar-refractivity contribution in [3.05, 3.63) is 29.3 Å². The maximum absolute atomic E-state index is 12.3. The summed E-state index contributed by atoms with van der Waals surface area (Å²) in [5.74, 6) is -0.680. The molecule has 0 saturated carbocycles. The van der Waals surface area contributed by atoms with Crippen molar-refractivity contribution in [3.8, 4) is 5.75 Å². The van der Waals surface area contributed by atoms with E-state index in [0.717, 1.165) is 0 Å². The van der Waals surface area contributed by atoms with Gasteiger partial charge in [-0.25, -0.2) is 8.78 Å². The fourth-order valence-electron chi connectivity index (χ4n) is 1.13. The Morgan fingerprint density at radius 1 is 1.18 bits per heavy atom. The lowest BCUT2D eigenvalue weighted by Crippen LogP contribution is -2.20. The summed E-state index contributed by atoms with van der Waals surface area (Å²) in [5.41, 5.74) is 3.22. The van der Waals surface area contributed by atoms with E-state index in [-0.39, 0.29) is 12.4 Å². The second kappa shape index (κ2) is 5.50. The molecular formula is C9H9ClF5NO. The Labute approximate surface area is 99.6 Å². The van der Waals surface area contributed by atoms with Crippen molar-refractivity contribution >= 4 is 12.4 Å². The van der Waals surface area contributed by atoms with Crippen LogP contribution in [-0.2, 0) is 6.18 Å². The first-order valence-corrected chi connectivity index (χ1v) is 4.17. The summed E-state index contributed by atoms with van der Waals surface area (Å²) in [5, 5.41) is 9.14. The maximum atomic E-state index is 12.3. The summed E-state index contributed by atoms with van der Waals surface area (Å²) >= 11 is 0. The lowest BCUT2D eigenvalue weighted by molar-refractivity contribution is -0.137. The smallest absolute Gasteiger partial charge is 0.416 e. The molecule has 0 bridgehead atoms. The Kier molecular flexibility index (Phi) is 5.15. The molecule has 0 aliphatic rings. The zero-order valence-corrected chi connectivity index (χ0v) is 9.03. The first-order valence-electron chi connectivity index (χ1n) is 4.17. The largest absolute Gasteiger partial charge is 0.508 e. The number of alkyl halides is 5. The van der Waals surface area contributed by atoms with Gasteiger partial charge in [0.1, 0.15) is 5.75 Å². The van der Waals surface area contributed by atoms with Gasteiger partial charge in [0.2, 0.25) is 0 Å². The Hall–Kier alpha value is -1.08. The summed E-state index contributed by atoms with van der Waals surface area (Å²) in [6.45, 7) is 0. The highest BCUT2D eigenvalue weighted by Crippen LogP contribution is 2.35. The molecule has 0 aromatic heterocycles. The van der Waals surface area contributed by atoms with Crippen LogP contribution in [0.4, 0.5) is 22.0 Å². The first-order chi connectivity index (χ1) is 7.23. The van der Waals surface area contributed by atoms with Crippen LogP contribution in [0.1, 0.15) is 17.2 Å². The molecule has 8 heteroatoms. The fraction of sp³-hybridized carbons (Fsp3) is 0.333. The number of benzene rings is 1. The van der Waals surface area contributed by atoms with E-state index < -0.39 is 35.5 Å². The molecule has 0 amide bonds. The van der Waals surface area contributed by atoms with E-state index in [1.165, 1.54) is 0 Å². The van der Waals surface area contributed by atoms with E-state index in [4.69, 9.17) is 10.8 Å². The number of hydrogen-bond acceptors (Lipinski definition) is 2. The zero-order valence-electron chi connectivity index (χ0n) is 8.21. The highest BCUT2D eigenvalue weighted by atomic mass is 35.5. The van der Waals surface area contributed by atoms with Crippen LogP contribution in [0.5, 0.6) is 5.75 Å². The van der Waals surface area contributed by atoms with Crippen LogP contribution in [0, 0.1) is 0 Å². The van der Waals surface area contributed by atoms with Gasteiger partial charge in [0.25, 0.3) is 6.43 Å². The molecule has 1 aromatic rings. The molecule has 0 unspecified atom stereocenters. The van der Waals surface area contributed by atoms with Gasteiger partial charge in [-0.3, -0.25) is 0 Å². The molecule has 0 saturated heterocycles. The first kappa shape index (κ1) is 15.9. The Bertz CT molecular complexity index is 382. The van der Waals surface area contributed by atoms with E-state index in [1.54, 1.807) is 0 Å². The molecule has 1 atom stereocenters. The molecule has 98 valence electrons. The molecule has 0 fully saturated rings. The standard InChI is InChI=1S/C9H8F5NO.ClH/c10-8(11)7(15)5-3-4(9(12,13)14)1-2-6(5)16;/h1-3,7-8,16H,15H2;1H/t7-;/m1./s1. The molecule has 17 heavy (non-hydrogen) atoms. The molecule has 2 nitrogen and oxygen atoms in total. The third-order valence-electron chi connectivity index (χ3n) is 1.99. The monoisotopic (exact) mass is 277 g/mol. The van der Waals surface area contributed by atoms with Crippen molar-refractivity contribution < 1.29 is 27.1 Å². The highest BCUT2D eigenvalue weighted by molar-refractivity contribution is 5.85. The summed E-state index contributed by atoms with van der Waals surface area (Å²) < 4.78 is 61.2. The third-order valence-corrected chi connectivity index (χ3v) is 1.99. The van der Waals surface area contributed by atoms with Gasteiger partial charge in [-0.1, -0.05) is 0 Å². The molecule has 0 aliphatic heterocycles. The molecule has 0 radical (unpaired) electrons. The van der Waals surface area contributed by atoms with Gasteiger partial charge in [-0.2, -0.15) is 13.2 Å². The van der Waals surface area contributed by atoms with E-state index >= 15 is 0 Å². The Morgan fingerprint density at radius 3 is 2.12 bits per heavy atom. The topological polar surface area (TPSA) is 46.2 Å². The van der Waals surface area contributed by atoms with E-state index in [1.807, 2.05) is 0 Å². The fourth-order valence-corrected chi connectivity index (χ4v) is 1.13. The molecule has 1 aromatic carbocycles. The normalized spacial score (nSPS) is 13.4. The molecular weight excluding hydrogens is 269 g/mol. The lowest BCUT2D eigenvalue weighted by atomic mass is 10.0. The van der Waals surface area contributed by atoms with E-state index in [0.29, 0.717) is 18.2 Å². The van der Waals surface area contributed by atoms with Crippen LogP contribution in [0.15, 0.2) is 18.2 Å². The minimum atomic E-state index is -4.66. The number of halogens is 6. The van der Waals surface area contributed by atoms with E-state index in [9.17, 15) is 22.0 Å². The van der Waals surface area contributed by atoms with Gasteiger partial charge in [0, 0.05) is 5.56 Å². The van der Waals surface area contributed by atoms with Gasteiger partial charge < -0.3 is 10.8 Å². The van der Waals surface area contributed by atoms with Crippen molar-refractivity contribution in [1.29, 1.82) is 0 Å². The van der Waals surface area contributed by atoms with Gasteiger partial charge >= 0.3 is 6.18 Å². The van der Waals surface area contributed by atoms with Crippen molar-refractivity contribution in [3.63, 3.8) is 0 Å². The predicted molar refractivity (Wildman–Crippen MR) is 53.3 cm³/mol. The summed E-state index contributed by atoms with van der Waals surface area (Å²) in [6.07, 6.45) is -7.71. The van der Waals surface area contributed by atoms with Crippen molar-refractivity contribution in [1.82, 2.24) is 0 Å². The summed E-state index contributed by atoms with van der Waals surface area (Å²) in [7, 11) is 0. The quantitative estimate of drug-likeness (QED) is 0.816. The second-order valence-corrected chi connectivity index (χ2v) is 3.13. The average Bonchev–Trinajstić information content (AvgIpc) is 2.15. The van der Waals surface area contributed by atoms with Crippen LogP contribution < -0.4 is 5.73 Å². The number of aromatic hydroxyl groups is 1. The number of phenols is 1. The molecule has 0 spiro atoms. The van der Waals surface area contributed by atoms with Crippen LogP contribution in [0.3, 0.4) is 0 Å². The van der Waals surface area contributed by atoms with Crippen molar-refractivity contribution in [2.24, 2.45) is 5.73 Å². The minimum absolute atomic E-state index is 0. The lowest BCUT2D eigenvalue weighted by Gasteiger charge is -2.15. The zero-order chi connectivity index (χ0) is 12.5. The Balaban J connectivity index is 0.00000256. The number of rotatable bonds is 2. The second-order valence-electron chi connectivity index (χ2n) is 3.13.